The van der Waals surface area contributed by atoms with E-state index in [1.54, 1.807) is 18.6 Å². The lowest BCUT2D eigenvalue weighted by Crippen LogP contribution is -2.35. The van der Waals surface area contributed by atoms with Gasteiger partial charge in [-0.25, -0.2) is 4.98 Å². The molecule has 0 atom stereocenters. The molecule has 1 rings (SSSR count). The van der Waals surface area contributed by atoms with Crippen molar-refractivity contribution in [1.29, 1.82) is 0 Å². The normalized spacial score (nSPS) is 12.2. The van der Waals surface area contributed by atoms with Crippen LogP contribution in [0.25, 0.3) is 0 Å². The molecule has 0 fully saturated rings. The highest BCUT2D eigenvalue weighted by Crippen LogP contribution is 2.13. The van der Waals surface area contributed by atoms with E-state index in [0.29, 0.717) is 13.1 Å². The first-order valence-electron chi connectivity index (χ1n) is 6.95. The highest BCUT2D eigenvalue weighted by molar-refractivity contribution is 5.81. The Labute approximate surface area is 126 Å². The van der Waals surface area contributed by atoms with Gasteiger partial charge in [0, 0.05) is 36.8 Å². The molecule has 5 heteroatoms. The topological polar surface area (TPSA) is 59.3 Å². The molecule has 0 aliphatic carbocycles. The van der Waals surface area contributed by atoms with Crippen LogP contribution in [0.3, 0.4) is 0 Å². The molecule has 114 valence electrons. The zero-order valence-electron chi connectivity index (χ0n) is 13.3. The Hall–Kier alpha value is -2.17. The van der Waals surface area contributed by atoms with Gasteiger partial charge in [0.15, 0.2) is 0 Å². The summed E-state index contributed by atoms with van der Waals surface area (Å²) in [5.74, 6) is 0.814. The fraction of sp³-hybridized carbons (Fsp3) is 0.438. The molecule has 0 aliphatic rings. The lowest BCUT2D eigenvalue weighted by Gasteiger charge is -2.17. The van der Waals surface area contributed by atoms with E-state index in [1.165, 1.54) is 0 Å². The van der Waals surface area contributed by atoms with Gasteiger partial charge in [0.2, 0.25) is 5.91 Å². The number of nitrogens with one attached hydrogen (secondary N) is 1. The van der Waals surface area contributed by atoms with Crippen LogP contribution in [0.2, 0.25) is 0 Å². The van der Waals surface area contributed by atoms with E-state index in [-0.39, 0.29) is 5.91 Å². The Balaban J connectivity index is 2.62. The predicted octanol–water partition coefficient (Wildman–Crippen LogP) is 2.71. The summed E-state index contributed by atoms with van der Waals surface area (Å²) in [6.07, 6.45) is 8.88. The first-order valence-corrected chi connectivity index (χ1v) is 6.95. The average Bonchev–Trinajstić information content (AvgIpc) is 2.82. The maximum absolute atomic E-state index is 11.9. The molecular weight excluding hydrogens is 264 g/mol. The molecule has 0 unspecified atom stereocenters. The van der Waals surface area contributed by atoms with Crippen LogP contribution in [0.15, 0.2) is 41.8 Å². The maximum Gasteiger partial charge on any atom is 0.225 e. The second-order valence-corrected chi connectivity index (χ2v) is 5.79. The molecule has 1 amide bonds. The van der Waals surface area contributed by atoms with Crippen molar-refractivity contribution in [3.05, 3.63) is 42.6 Å². The van der Waals surface area contributed by atoms with Gasteiger partial charge in [-0.3, -0.25) is 9.79 Å². The predicted molar refractivity (Wildman–Crippen MR) is 86.0 cm³/mol. The van der Waals surface area contributed by atoms with Crippen LogP contribution in [-0.4, -0.2) is 21.7 Å². The molecule has 5 nitrogen and oxygen atoms in total. The smallest absolute Gasteiger partial charge is 0.225 e. The summed E-state index contributed by atoms with van der Waals surface area (Å²) in [4.78, 5) is 20.1. The van der Waals surface area contributed by atoms with E-state index in [1.807, 2.05) is 44.5 Å². The SMILES string of the molecule is C=C(/C=C\N=CC)Cn1ccnc1CNC(=O)C(C)(C)C. The number of hydrogen-bond donors (Lipinski definition) is 1. The summed E-state index contributed by atoms with van der Waals surface area (Å²) in [7, 11) is 0. The van der Waals surface area contributed by atoms with Gasteiger partial charge in [-0.2, -0.15) is 0 Å². The largest absolute Gasteiger partial charge is 0.348 e. The van der Waals surface area contributed by atoms with Gasteiger partial charge in [-0.05, 0) is 18.6 Å². The number of amides is 1. The van der Waals surface area contributed by atoms with Crippen LogP contribution >= 0.6 is 0 Å². The zero-order chi connectivity index (χ0) is 15.9. The van der Waals surface area contributed by atoms with E-state index < -0.39 is 5.41 Å². The summed E-state index contributed by atoms with van der Waals surface area (Å²) in [6, 6.07) is 0. The molecule has 1 heterocycles. The first kappa shape index (κ1) is 16.9. The monoisotopic (exact) mass is 288 g/mol. The molecule has 1 N–H and O–H groups in total. The summed E-state index contributed by atoms with van der Waals surface area (Å²) in [5, 5.41) is 2.90. The highest BCUT2D eigenvalue weighted by atomic mass is 16.2. The minimum absolute atomic E-state index is 0.00746. The summed E-state index contributed by atoms with van der Waals surface area (Å²) >= 11 is 0. The number of nitrogens with zero attached hydrogens (tertiary/aromatic N) is 3. The van der Waals surface area contributed by atoms with Crippen LogP contribution in [0.1, 0.15) is 33.5 Å². The lowest BCUT2D eigenvalue weighted by molar-refractivity contribution is -0.128. The maximum atomic E-state index is 11.9. The van der Waals surface area contributed by atoms with Gasteiger partial charge in [0.25, 0.3) is 0 Å². The van der Waals surface area contributed by atoms with Crippen molar-refractivity contribution in [2.75, 3.05) is 0 Å². The third-order valence-corrected chi connectivity index (χ3v) is 2.81. The van der Waals surface area contributed by atoms with Gasteiger partial charge in [0.05, 0.1) is 6.54 Å². The zero-order valence-corrected chi connectivity index (χ0v) is 13.3. The van der Waals surface area contributed by atoms with Gasteiger partial charge in [0.1, 0.15) is 5.82 Å². The Kier molecular flexibility index (Phi) is 6.09. The second kappa shape index (κ2) is 7.57. The fourth-order valence-electron chi connectivity index (χ4n) is 1.58. The summed E-state index contributed by atoms with van der Waals surface area (Å²) in [6.45, 7) is 12.5. The number of aromatic nitrogens is 2. The lowest BCUT2D eigenvalue weighted by atomic mass is 9.96. The number of rotatable bonds is 6. The minimum atomic E-state index is -0.401. The number of allylic oxidation sites excluding steroid dienone is 2. The Bertz CT molecular complexity index is 547. The fourth-order valence-corrected chi connectivity index (χ4v) is 1.58. The van der Waals surface area contributed by atoms with E-state index in [2.05, 4.69) is 21.9 Å². The van der Waals surface area contributed by atoms with E-state index in [4.69, 9.17) is 0 Å². The van der Waals surface area contributed by atoms with Crippen molar-refractivity contribution >= 4 is 12.1 Å². The third kappa shape index (κ3) is 5.77. The molecule has 0 bridgehead atoms. The summed E-state index contributed by atoms with van der Waals surface area (Å²) < 4.78 is 1.96. The van der Waals surface area contributed by atoms with Crippen LogP contribution in [-0.2, 0) is 17.9 Å². The molecule has 0 saturated carbocycles. The van der Waals surface area contributed by atoms with Gasteiger partial charge in [-0.15, -0.1) is 0 Å². The van der Waals surface area contributed by atoms with Gasteiger partial charge >= 0.3 is 0 Å². The number of carbonyl (C=O) groups excluding carboxylic acids is 1. The first-order chi connectivity index (χ1) is 9.84. The van der Waals surface area contributed by atoms with Crippen LogP contribution in [0.4, 0.5) is 0 Å². The van der Waals surface area contributed by atoms with E-state index >= 15 is 0 Å². The standard InChI is InChI=1S/C16H24N4O/c1-6-17-8-7-13(2)12-20-10-9-18-14(20)11-19-15(21)16(3,4)5/h6-10H,2,11-12H2,1,3-5H3,(H,19,21)/b8-7-,17-6?. The molecule has 0 saturated heterocycles. The van der Waals surface area contributed by atoms with Crippen molar-refractivity contribution in [2.24, 2.45) is 10.4 Å². The molecule has 0 radical (unpaired) electrons. The van der Waals surface area contributed by atoms with Gasteiger partial charge in [-0.1, -0.05) is 27.4 Å². The Morgan fingerprint density at radius 2 is 2.24 bits per heavy atom. The molecule has 0 aliphatic heterocycles. The van der Waals surface area contributed by atoms with Crippen LogP contribution < -0.4 is 5.32 Å². The third-order valence-electron chi connectivity index (χ3n) is 2.81. The number of hydrogen-bond acceptors (Lipinski definition) is 3. The highest BCUT2D eigenvalue weighted by Gasteiger charge is 2.21. The van der Waals surface area contributed by atoms with Crippen molar-refractivity contribution in [3.63, 3.8) is 0 Å². The average molecular weight is 288 g/mol. The Morgan fingerprint density at radius 3 is 2.86 bits per heavy atom. The van der Waals surface area contributed by atoms with Crippen LogP contribution in [0.5, 0.6) is 0 Å². The van der Waals surface area contributed by atoms with E-state index in [9.17, 15) is 4.79 Å². The summed E-state index contributed by atoms with van der Waals surface area (Å²) in [5.41, 5.74) is 0.518. The second-order valence-electron chi connectivity index (χ2n) is 5.79. The van der Waals surface area contributed by atoms with Crippen LogP contribution in [0, 0.1) is 5.41 Å². The van der Waals surface area contributed by atoms with E-state index in [0.717, 1.165) is 11.4 Å². The molecular formula is C16H24N4O. The Morgan fingerprint density at radius 1 is 1.52 bits per heavy atom. The molecule has 1 aromatic heterocycles. The van der Waals surface area contributed by atoms with Crippen molar-refractivity contribution in [3.8, 4) is 0 Å². The number of carbonyl (C=O) groups is 1. The van der Waals surface area contributed by atoms with Crippen molar-refractivity contribution < 1.29 is 4.79 Å². The minimum Gasteiger partial charge on any atom is -0.348 e. The molecule has 0 aromatic carbocycles. The molecule has 1 aromatic rings. The number of imidazole rings is 1. The van der Waals surface area contributed by atoms with Crippen molar-refractivity contribution in [1.82, 2.24) is 14.9 Å². The van der Waals surface area contributed by atoms with Crippen molar-refractivity contribution in [2.45, 2.75) is 40.8 Å². The number of aliphatic imine (C=N–C) groups is 1. The molecule has 21 heavy (non-hydrogen) atoms. The van der Waals surface area contributed by atoms with Gasteiger partial charge < -0.3 is 9.88 Å². The quantitative estimate of drug-likeness (QED) is 0.646. The molecule has 0 spiro atoms.